The molecule has 0 aromatic carbocycles. The maximum Gasteiger partial charge on any atom is 0.490 e. The number of nitrogens with zero attached hydrogens (tertiary/aromatic N) is 4. The largest absolute Gasteiger partial charge is 0.490 e. The van der Waals surface area contributed by atoms with Crippen LogP contribution < -0.4 is 11.1 Å². The van der Waals surface area contributed by atoms with Crippen molar-refractivity contribution in [2.24, 2.45) is 0 Å². The summed E-state index contributed by atoms with van der Waals surface area (Å²) in [5, 5.41) is 2.83. The fraction of sp³-hybridized carbons (Fsp3) is 0.667. The van der Waals surface area contributed by atoms with Gasteiger partial charge in [0.15, 0.2) is 11.5 Å². The lowest BCUT2D eigenvalue weighted by Gasteiger charge is -2.24. The topological polar surface area (TPSA) is 277 Å². The second-order valence-corrected chi connectivity index (χ2v) is 16.6. The molecule has 238 valence electrons. The van der Waals surface area contributed by atoms with Crippen LogP contribution in [0, 0.1) is 0 Å². The number of imidazole rings is 1. The van der Waals surface area contributed by atoms with Crippen LogP contribution in [0.25, 0.3) is 11.2 Å². The number of phosphoric ester groups is 1. The Kier molecular flexibility index (Phi) is 12.0. The maximum absolute atomic E-state index is 12.3. The van der Waals surface area contributed by atoms with Gasteiger partial charge in [-0.2, -0.15) is 8.62 Å². The molecule has 0 spiro atoms. The molecule has 1 amide bonds. The number of amides is 1. The van der Waals surface area contributed by atoms with E-state index in [1.54, 1.807) is 11.5 Å². The molecule has 3 heterocycles. The normalized spacial score (nSPS) is 22.6. The Labute approximate surface area is 247 Å². The summed E-state index contributed by atoms with van der Waals surface area (Å²) in [5.41, 5.74) is 6.52. The number of hydrogen-bond acceptors (Lipinski definition) is 15. The molecule has 0 aliphatic carbocycles. The fourth-order valence-electron chi connectivity index (χ4n) is 3.51. The molecule has 1 fully saturated rings. The first-order valence-corrected chi connectivity index (χ1v) is 18.8. The van der Waals surface area contributed by atoms with Gasteiger partial charge in [0.05, 0.1) is 19.0 Å². The number of rotatable bonds is 16. The van der Waals surface area contributed by atoms with Gasteiger partial charge in [-0.15, -0.1) is 0 Å². The summed E-state index contributed by atoms with van der Waals surface area (Å²) in [4.78, 5) is 60.5. The maximum atomic E-state index is 12.3. The summed E-state index contributed by atoms with van der Waals surface area (Å²) in [6.07, 6.45) is 0.647. The lowest BCUT2D eigenvalue weighted by Crippen LogP contribution is -2.35. The molecule has 1 saturated heterocycles. The van der Waals surface area contributed by atoms with E-state index in [0.717, 1.165) is 0 Å². The van der Waals surface area contributed by atoms with Gasteiger partial charge in [0.2, 0.25) is 5.91 Å². The molecule has 7 N–H and O–H groups in total. The summed E-state index contributed by atoms with van der Waals surface area (Å²) >= 11 is 0. The molecule has 0 bridgehead atoms. The highest BCUT2D eigenvalue weighted by molar-refractivity contribution is 8.77. The number of nitrogens with two attached hydrogens (primary N) is 1. The number of phosphoric acid groups is 3. The number of aromatic nitrogens is 4. The molecular formula is C18H31N6O13P3S2. The van der Waals surface area contributed by atoms with Crippen molar-refractivity contribution in [1.82, 2.24) is 24.8 Å². The average molecular weight is 697 g/mol. The zero-order valence-corrected chi connectivity index (χ0v) is 26.7. The van der Waals surface area contributed by atoms with Crippen LogP contribution in [0.4, 0.5) is 5.82 Å². The van der Waals surface area contributed by atoms with Crippen molar-refractivity contribution in [3.8, 4) is 0 Å². The zero-order valence-electron chi connectivity index (χ0n) is 22.4. The van der Waals surface area contributed by atoms with Crippen molar-refractivity contribution >= 4 is 67.9 Å². The zero-order chi connectivity index (χ0) is 31.3. The van der Waals surface area contributed by atoms with Crippen molar-refractivity contribution in [1.29, 1.82) is 0 Å². The molecule has 0 saturated carbocycles. The molecule has 2 aromatic rings. The van der Waals surface area contributed by atoms with Crippen molar-refractivity contribution in [2.45, 2.75) is 56.8 Å². The Morgan fingerprint density at radius 3 is 2.57 bits per heavy atom. The standard InChI is InChI=1S/C18H31N6O13P3S2/c1-4-13(25)20-7-18(2,3)42-41-10-33-11-5-14(24-9-23-15-16(19)21-8-22-17(15)24)35-12(11)6-34-39(29,30)37-40(31,32)36-38(26,27)28/h8-9,11-12,14H,4-7,10H2,1-3H3,(H,20,25)(H,29,30)(H,31,32)(H2,19,21,22)(H2,26,27,28)/t11?,12-,14-/m1/s1. The van der Waals surface area contributed by atoms with E-state index < -0.39 is 48.5 Å². The predicted octanol–water partition coefficient (Wildman–Crippen LogP) is 2.07. The van der Waals surface area contributed by atoms with E-state index in [-0.39, 0.29) is 28.8 Å². The molecular weight excluding hydrogens is 665 g/mol. The smallest absolute Gasteiger partial charge is 0.382 e. The summed E-state index contributed by atoms with van der Waals surface area (Å²) in [6.45, 7) is 5.36. The number of carbonyl (C=O) groups is 1. The number of nitrogen functional groups attached to an aromatic ring is 1. The molecule has 1 aliphatic rings. The van der Waals surface area contributed by atoms with Gasteiger partial charge in [-0.3, -0.25) is 13.9 Å². The Hall–Kier alpha value is -1.15. The number of ether oxygens (including phenoxy) is 2. The molecule has 0 radical (unpaired) electrons. The number of hydrogen-bond donors (Lipinski definition) is 6. The number of anilines is 1. The van der Waals surface area contributed by atoms with E-state index in [1.807, 2.05) is 13.8 Å². The van der Waals surface area contributed by atoms with Crippen LogP contribution in [-0.2, 0) is 41.1 Å². The van der Waals surface area contributed by atoms with Crippen LogP contribution in [0.15, 0.2) is 12.7 Å². The van der Waals surface area contributed by atoms with Crippen molar-refractivity contribution < 1.29 is 60.7 Å². The summed E-state index contributed by atoms with van der Waals surface area (Å²) in [5.74, 6) is 0.194. The third kappa shape index (κ3) is 10.8. The van der Waals surface area contributed by atoms with E-state index in [9.17, 15) is 28.3 Å². The van der Waals surface area contributed by atoms with E-state index in [4.69, 9.17) is 29.5 Å². The van der Waals surface area contributed by atoms with Gasteiger partial charge < -0.3 is 40.1 Å². The Morgan fingerprint density at radius 1 is 1.19 bits per heavy atom. The van der Waals surface area contributed by atoms with Crippen LogP contribution in [0.3, 0.4) is 0 Å². The first kappa shape index (κ1) is 35.3. The third-order valence-corrected chi connectivity index (χ3v) is 12.1. The van der Waals surface area contributed by atoms with Gasteiger partial charge >= 0.3 is 23.5 Å². The molecule has 42 heavy (non-hydrogen) atoms. The van der Waals surface area contributed by atoms with Crippen LogP contribution in [0.1, 0.15) is 39.8 Å². The molecule has 24 heteroatoms. The molecule has 3 unspecified atom stereocenters. The van der Waals surface area contributed by atoms with Gasteiger partial charge in [0.1, 0.15) is 30.1 Å². The third-order valence-electron chi connectivity index (χ3n) is 5.34. The lowest BCUT2D eigenvalue weighted by atomic mass is 10.2. The highest BCUT2D eigenvalue weighted by Gasteiger charge is 2.43. The minimum Gasteiger partial charge on any atom is -0.382 e. The molecule has 5 atom stereocenters. The van der Waals surface area contributed by atoms with E-state index in [2.05, 4.69) is 28.9 Å². The van der Waals surface area contributed by atoms with Crippen molar-refractivity contribution in [3.63, 3.8) is 0 Å². The van der Waals surface area contributed by atoms with Crippen LogP contribution in [0.5, 0.6) is 0 Å². The SMILES string of the molecule is CCC(=O)NCC(C)(C)SSCOC1C[C@H](n2cnc3c(N)ncnc32)O[C@@H]1COP(=O)(O)OP(=O)(O)OP(=O)(O)O. The quantitative estimate of drug-likeness (QED) is 0.0634. The fourth-order valence-corrected chi connectivity index (χ4v) is 8.72. The number of fused-ring (bicyclic) bond motifs is 1. The predicted molar refractivity (Wildman–Crippen MR) is 150 cm³/mol. The summed E-state index contributed by atoms with van der Waals surface area (Å²) in [7, 11) is -13.8. The van der Waals surface area contributed by atoms with E-state index >= 15 is 0 Å². The van der Waals surface area contributed by atoms with Crippen molar-refractivity contribution in [2.75, 3.05) is 24.8 Å². The molecule has 19 nitrogen and oxygen atoms in total. The first-order chi connectivity index (χ1) is 19.4. The second kappa shape index (κ2) is 14.3. The van der Waals surface area contributed by atoms with Gasteiger partial charge in [-0.1, -0.05) is 28.5 Å². The number of carbonyl (C=O) groups excluding carboxylic acids is 1. The molecule has 1 aliphatic heterocycles. The Morgan fingerprint density at radius 2 is 1.90 bits per heavy atom. The highest BCUT2D eigenvalue weighted by atomic mass is 33.1. The Balaban J connectivity index is 1.68. The highest BCUT2D eigenvalue weighted by Crippen LogP contribution is 2.66. The van der Waals surface area contributed by atoms with Crippen LogP contribution in [0.2, 0.25) is 0 Å². The monoisotopic (exact) mass is 696 g/mol. The van der Waals surface area contributed by atoms with Crippen molar-refractivity contribution in [3.05, 3.63) is 12.7 Å². The first-order valence-electron chi connectivity index (χ1n) is 12.0. The minimum atomic E-state index is -5.69. The van der Waals surface area contributed by atoms with E-state index in [1.165, 1.54) is 34.2 Å². The molecule has 3 rings (SSSR count). The van der Waals surface area contributed by atoms with Crippen LogP contribution >= 0.6 is 45.1 Å². The van der Waals surface area contributed by atoms with Gasteiger partial charge in [-0.05, 0) is 13.8 Å². The molecule has 2 aromatic heterocycles. The minimum absolute atomic E-state index is 0.0723. The van der Waals surface area contributed by atoms with Gasteiger partial charge in [-0.25, -0.2) is 28.6 Å². The lowest BCUT2D eigenvalue weighted by molar-refractivity contribution is -0.120. The average Bonchev–Trinajstić information content (AvgIpc) is 3.46. The summed E-state index contributed by atoms with van der Waals surface area (Å²) < 4.78 is 60.3. The summed E-state index contributed by atoms with van der Waals surface area (Å²) in [6, 6.07) is 0. The number of nitrogens with one attached hydrogen (secondary N) is 1. The van der Waals surface area contributed by atoms with Gasteiger partial charge in [0, 0.05) is 24.1 Å². The Bertz CT molecular complexity index is 1390. The van der Waals surface area contributed by atoms with Crippen LogP contribution in [-0.4, -0.2) is 81.0 Å². The van der Waals surface area contributed by atoms with E-state index in [0.29, 0.717) is 24.1 Å². The van der Waals surface area contributed by atoms with Gasteiger partial charge in [0.25, 0.3) is 0 Å². The second-order valence-electron chi connectivity index (χ2n) is 9.25.